The van der Waals surface area contributed by atoms with Gasteiger partial charge >= 0.3 is 5.97 Å². The second-order valence-corrected chi connectivity index (χ2v) is 4.05. The van der Waals surface area contributed by atoms with Crippen molar-refractivity contribution in [3.05, 3.63) is 31.6 Å². The Bertz CT molecular complexity index is 464. The SMILES string of the molecule is O=C(O)c1c2c([nH]c(=O)c1Br)CCC2. The van der Waals surface area contributed by atoms with Crippen LogP contribution in [0, 0.1) is 0 Å². The standard InChI is InChI=1S/C9H8BrNO3/c10-7-6(9(13)14)4-2-1-3-5(4)11-8(7)12/h1-3H2,(H,11,12)(H,13,14). The lowest BCUT2D eigenvalue weighted by Gasteiger charge is -2.05. The molecule has 0 saturated heterocycles. The molecule has 0 spiro atoms. The number of nitrogens with one attached hydrogen (secondary N) is 1. The molecule has 1 heterocycles. The molecule has 5 heteroatoms. The lowest BCUT2D eigenvalue weighted by Crippen LogP contribution is -2.17. The summed E-state index contributed by atoms with van der Waals surface area (Å²) >= 11 is 3.01. The number of halogens is 1. The zero-order valence-corrected chi connectivity index (χ0v) is 8.85. The van der Waals surface area contributed by atoms with Gasteiger partial charge < -0.3 is 10.1 Å². The molecule has 14 heavy (non-hydrogen) atoms. The number of aromatic carboxylic acids is 1. The molecule has 1 aromatic rings. The van der Waals surface area contributed by atoms with Crippen LogP contribution in [0.25, 0.3) is 0 Å². The highest BCUT2D eigenvalue weighted by Gasteiger charge is 2.23. The van der Waals surface area contributed by atoms with E-state index in [1.165, 1.54) is 0 Å². The van der Waals surface area contributed by atoms with Crippen LogP contribution in [0.1, 0.15) is 28.0 Å². The first-order chi connectivity index (χ1) is 6.61. The molecule has 4 nitrogen and oxygen atoms in total. The Labute approximate surface area is 88.1 Å². The van der Waals surface area contributed by atoms with Crippen molar-refractivity contribution >= 4 is 21.9 Å². The molecule has 0 radical (unpaired) electrons. The van der Waals surface area contributed by atoms with Crippen molar-refractivity contribution in [3.63, 3.8) is 0 Å². The topological polar surface area (TPSA) is 70.2 Å². The van der Waals surface area contributed by atoms with Crippen LogP contribution in [-0.4, -0.2) is 16.1 Å². The van der Waals surface area contributed by atoms with Gasteiger partial charge in [0.05, 0.1) is 10.0 Å². The Hall–Kier alpha value is -1.10. The molecule has 0 amide bonds. The van der Waals surface area contributed by atoms with E-state index in [-0.39, 0.29) is 15.6 Å². The first kappa shape index (κ1) is 9.45. The Balaban J connectivity index is 2.79. The number of H-pyrrole nitrogens is 1. The average molecular weight is 258 g/mol. The molecule has 2 rings (SSSR count). The van der Waals surface area contributed by atoms with Gasteiger partial charge in [0.25, 0.3) is 5.56 Å². The molecule has 0 atom stereocenters. The van der Waals surface area contributed by atoms with Gasteiger partial charge in [0.1, 0.15) is 0 Å². The number of fused-ring (bicyclic) bond motifs is 1. The minimum Gasteiger partial charge on any atom is -0.478 e. The van der Waals surface area contributed by atoms with Gasteiger partial charge in [-0.25, -0.2) is 4.79 Å². The number of carboxylic acid groups (broad SMARTS) is 1. The molecule has 2 N–H and O–H groups in total. The van der Waals surface area contributed by atoms with Crippen molar-refractivity contribution in [2.45, 2.75) is 19.3 Å². The summed E-state index contributed by atoms with van der Waals surface area (Å²) in [5.74, 6) is -1.04. The third-order valence-corrected chi connectivity index (χ3v) is 3.17. The van der Waals surface area contributed by atoms with Gasteiger partial charge in [0.2, 0.25) is 0 Å². The molecule has 0 fully saturated rings. The summed E-state index contributed by atoms with van der Waals surface area (Å²) in [5.41, 5.74) is 1.31. The molecule has 1 aliphatic carbocycles. The third-order valence-electron chi connectivity index (χ3n) is 2.42. The zero-order valence-electron chi connectivity index (χ0n) is 7.26. The summed E-state index contributed by atoms with van der Waals surface area (Å²) in [6.45, 7) is 0. The maximum atomic E-state index is 11.3. The number of aryl methyl sites for hydroxylation is 1. The van der Waals surface area contributed by atoms with Crippen LogP contribution >= 0.6 is 15.9 Å². The number of carboxylic acids is 1. The highest BCUT2D eigenvalue weighted by molar-refractivity contribution is 9.10. The Kier molecular flexibility index (Phi) is 2.19. The van der Waals surface area contributed by atoms with Gasteiger partial charge in [-0.2, -0.15) is 0 Å². The van der Waals surface area contributed by atoms with Gasteiger partial charge in [-0.05, 0) is 40.8 Å². The summed E-state index contributed by atoms with van der Waals surface area (Å²) in [6, 6.07) is 0. The Morgan fingerprint density at radius 1 is 1.43 bits per heavy atom. The third kappa shape index (κ3) is 1.28. The van der Waals surface area contributed by atoms with E-state index >= 15 is 0 Å². The van der Waals surface area contributed by atoms with Crippen LogP contribution < -0.4 is 5.56 Å². The van der Waals surface area contributed by atoms with Crippen molar-refractivity contribution in [2.75, 3.05) is 0 Å². The van der Waals surface area contributed by atoms with E-state index in [0.717, 1.165) is 30.5 Å². The quantitative estimate of drug-likeness (QED) is 0.798. The van der Waals surface area contributed by atoms with Crippen molar-refractivity contribution < 1.29 is 9.90 Å². The highest BCUT2D eigenvalue weighted by atomic mass is 79.9. The summed E-state index contributed by atoms with van der Waals surface area (Å²) < 4.78 is 0.130. The Morgan fingerprint density at radius 2 is 2.14 bits per heavy atom. The van der Waals surface area contributed by atoms with Crippen LogP contribution in [-0.2, 0) is 12.8 Å². The lowest BCUT2D eigenvalue weighted by atomic mass is 10.1. The first-order valence-electron chi connectivity index (χ1n) is 4.28. The maximum absolute atomic E-state index is 11.3. The number of carbonyl (C=O) groups is 1. The smallest absolute Gasteiger partial charge is 0.337 e. The molecule has 74 valence electrons. The number of rotatable bonds is 1. The molecular weight excluding hydrogens is 250 g/mol. The van der Waals surface area contributed by atoms with Crippen LogP contribution in [0.4, 0.5) is 0 Å². The van der Waals surface area contributed by atoms with Crippen LogP contribution in [0.2, 0.25) is 0 Å². The van der Waals surface area contributed by atoms with Gasteiger partial charge in [-0.1, -0.05) is 0 Å². The summed E-state index contributed by atoms with van der Waals surface area (Å²) in [4.78, 5) is 25.0. The summed E-state index contributed by atoms with van der Waals surface area (Å²) in [5, 5.41) is 8.97. The zero-order chi connectivity index (χ0) is 10.3. The molecule has 0 aliphatic heterocycles. The van der Waals surface area contributed by atoms with Crippen molar-refractivity contribution in [1.29, 1.82) is 0 Å². The second-order valence-electron chi connectivity index (χ2n) is 3.26. The number of aromatic amines is 1. The number of pyridine rings is 1. The second kappa shape index (κ2) is 3.24. The van der Waals surface area contributed by atoms with Crippen molar-refractivity contribution in [3.8, 4) is 0 Å². The van der Waals surface area contributed by atoms with E-state index < -0.39 is 5.97 Å². The fraction of sp³-hybridized carbons (Fsp3) is 0.333. The van der Waals surface area contributed by atoms with E-state index in [0.29, 0.717) is 0 Å². The molecule has 1 aromatic heterocycles. The lowest BCUT2D eigenvalue weighted by molar-refractivity contribution is 0.0694. The normalized spacial score (nSPS) is 14.1. The van der Waals surface area contributed by atoms with Gasteiger partial charge in [0.15, 0.2) is 0 Å². The fourth-order valence-corrected chi connectivity index (χ4v) is 2.33. The summed E-state index contributed by atoms with van der Waals surface area (Å²) in [7, 11) is 0. The monoisotopic (exact) mass is 257 g/mol. The van der Waals surface area contributed by atoms with E-state index in [4.69, 9.17) is 5.11 Å². The molecule has 1 aliphatic rings. The summed E-state index contributed by atoms with van der Waals surface area (Å²) in [6.07, 6.45) is 2.40. The number of hydrogen-bond donors (Lipinski definition) is 2. The molecule has 0 unspecified atom stereocenters. The fourth-order valence-electron chi connectivity index (χ4n) is 1.82. The van der Waals surface area contributed by atoms with Crippen LogP contribution in [0.5, 0.6) is 0 Å². The first-order valence-corrected chi connectivity index (χ1v) is 5.07. The average Bonchev–Trinajstić information content (AvgIpc) is 2.52. The Morgan fingerprint density at radius 3 is 2.79 bits per heavy atom. The van der Waals surface area contributed by atoms with Crippen molar-refractivity contribution in [1.82, 2.24) is 4.98 Å². The van der Waals surface area contributed by atoms with Crippen LogP contribution in [0.15, 0.2) is 9.27 Å². The van der Waals surface area contributed by atoms with Gasteiger partial charge in [0, 0.05) is 5.69 Å². The molecular formula is C9H8BrNO3. The van der Waals surface area contributed by atoms with Crippen molar-refractivity contribution in [2.24, 2.45) is 0 Å². The van der Waals surface area contributed by atoms with Crippen LogP contribution in [0.3, 0.4) is 0 Å². The van der Waals surface area contributed by atoms with Gasteiger partial charge in [-0.3, -0.25) is 4.79 Å². The van der Waals surface area contributed by atoms with E-state index in [1.54, 1.807) is 0 Å². The van der Waals surface area contributed by atoms with E-state index in [9.17, 15) is 9.59 Å². The van der Waals surface area contributed by atoms with Gasteiger partial charge in [-0.15, -0.1) is 0 Å². The largest absolute Gasteiger partial charge is 0.478 e. The predicted octanol–water partition coefficient (Wildman–Crippen LogP) is 1.32. The van der Waals surface area contributed by atoms with E-state index in [2.05, 4.69) is 20.9 Å². The number of aromatic nitrogens is 1. The maximum Gasteiger partial charge on any atom is 0.337 e. The molecule has 0 aromatic carbocycles. The molecule has 0 saturated carbocycles. The number of hydrogen-bond acceptors (Lipinski definition) is 2. The van der Waals surface area contributed by atoms with E-state index in [1.807, 2.05) is 0 Å². The molecule has 0 bridgehead atoms. The minimum absolute atomic E-state index is 0.126. The predicted molar refractivity (Wildman–Crippen MR) is 53.7 cm³/mol. The minimum atomic E-state index is -1.04. The highest BCUT2D eigenvalue weighted by Crippen LogP contribution is 2.26.